The van der Waals surface area contributed by atoms with Gasteiger partial charge in [-0.05, 0) is 19.9 Å². The van der Waals surface area contributed by atoms with E-state index in [4.69, 9.17) is 4.74 Å². The summed E-state index contributed by atoms with van der Waals surface area (Å²) in [4.78, 5) is 11.4. The molecule has 1 saturated heterocycles. The first-order valence-corrected chi connectivity index (χ1v) is 9.48. The molecule has 1 aliphatic rings. The maximum atomic E-state index is 12.9. The van der Waals surface area contributed by atoms with E-state index in [2.05, 4.69) is 15.3 Å². The van der Waals surface area contributed by atoms with Crippen molar-refractivity contribution in [1.29, 1.82) is 0 Å². The van der Waals surface area contributed by atoms with E-state index >= 15 is 0 Å². The molecule has 0 amide bonds. The minimum atomic E-state index is -4.49. The topological polar surface area (TPSA) is 53.0 Å². The quantitative estimate of drug-likeness (QED) is 0.418. The van der Waals surface area contributed by atoms with Crippen LogP contribution in [-0.2, 0) is 6.54 Å². The monoisotopic (exact) mass is 441 g/mol. The standard InChI is InChI=1S/C18H25F6N5O/c1-3-25-16(29-9-7-28(8-10-29)13(2)18(22,23)24)27-11-14-5-4-6-26-15(14)30-12-17(19,20)21/h4-6,13H,3,7-12H2,1-2H3,(H,25,27). The third-order valence-electron chi connectivity index (χ3n) is 4.59. The van der Waals surface area contributed by atoms with Crippen LogP contribution in [0.3, 0.4) is 0 Å². The Kier molecular flexibility index (Phi) is 8.16. The summed E-state index contributed by atoms with van der Waals surface area (Å²) in [6, 6.07) is 1.60. The maximum absolute atomic E-state index is 12.9. The number of ether oxygens (including phenoxy) is 1. The predicted molar refractivity (Wildman–Crippen MR) is 99.3 cm³/mol. The molecule has 2 rings (SSSR count). The van der Waals surface area contributed by atoms with E-state index in [0.717, 1.165) is 6.92 Å². The molecule has 12 heteroatoms. The van der Waals surface area contributed by atoms with Gasteiger partial charge in [0.1, 0.15) is 6.04 Å². The number of hydrogen-bond donors (Lipinski definition) is 1. The van der Waals surface area contributed by atoms with Crippen molar-refractivity contribution in [2.75, 3.05) is 39.3 Å². The van der Waals surface area contributed by atoms with E-state index in [1.54, 1.807) is 12.1 Å². The lowest BCUT2D eigenvalue weighted by atomic mass is 10.2. The van der Waals surface area contributed by atoms with Gasteiger partial charge in [-0.2, -0.15) is 26.3 Å². The van der Waals surface area contributed by atoms with E-state index in [-0.39, 0.29) is 25.5 Å². The second-order valence-electron chi connectivity index (χ2n) is 6.78. The van der Waals surface area contributed by atoms with Crippen molar-refractivity contribution < 1.29 is 31.1 Å². The van der Waals surface area contributed by atoms with Gasteiger partial charge >= 0.3 is 12.4 Å². The van der Waals surface area contributed by atoms with Crippen molar-refractivity contribution in [3.8, 4) is 5.88 Å². The maximum Gasteiger partial charge on any atom is 0.422 e. The number of nitrogens with one attached hydrogen (secondary N) is 1. The number of rotatable bonds is 6. The largest absolute Gasteiger partial charge is 0.468 e. The molecule has 1 atom stereocenters. The number of halogens is 6. The van der Waals surface area contributed by atoms with Crippen LogP contribution in [0.15, 0.2) is 23.3 Å². The third-order valence-corrected chi connectivity index (χ3v) is 4.59. The van der Waals surface area contributed by atoms with E-state index in [0.29, 0.717) is 31.2 Å². The van der Waals surface area contributed by atoms with Crippen LogP contribution in [0.2, 0.25) is 0 Å². The zero-order chi connectivity index (χ0) is 22.4. The molecule has 2 heterocycles. The van der Waals surface area contributed by atoms with Crippen molar-refractivity contribution in [3.63, 3.8) is 0 Å². The summed E-state index contributed by atoms with van der Waals surface area (Å²) in [5.74, 6) is 0.320. The van der Waals surface area contributed by atoms with E-state index in [9.17, 15) is 26.3 Å². The second-order valence-corrected chi connectivity index (χ2v) is 6.78. The first-order valence-electron chi connectivity index (χ1n) is 9.48. The molecule has 1 aliphatic heterocycles. The molecule has 30 heavy (non-hydrogen) atoms. The fourth-order valence-electron chi connectivity index (χ4n) is 2.94. The zero-order valence-electron chi connectivity index (χ0n) is 16.7. The lowest BCUT2D eigenvalue weighted by molar-refractivity contribution is -0.181. The second kappa shape index (κ2) is 10.2. The number of aromatic nitrogens is 1. The highest BCUT2D eigenvalue weighted by Gasteiger charge is 2.41. The fraction of sp³-hybridized carbons (Fsp3) is 0.667. The highest BCUT2D eigenvalue weighted by molar-refractivity contribution is 5.80. The van der Waals surface area contributed by atoms with Crippen LogP contribution in [0, 0.1) is 0 Å². The van der Waals surface area contributed by atoms with Crippen molar-refractivity contribution in [1.82, 2.24) is 20.1 Å². The lowest BCUT2D eigenvalue weighted by Gasteiger charge is -2.39. The lowest BCUT2D eigenvalue weighted by Crippen LogP contribution is -2.56. The highest BCUT2D eigenvalue weighted by Crippen LogP contribution is 2.25. The average Bonchev–Trinajstić information content (AvgIpc) is 2.68. The molecule has 0 radical (unpaired) electrons. The molecule has 0 saturated carbocycles. The smallest absolute Gasteiger partial charge is 0.422 e. The summed E-state index contributed by atoms with van der Waals surface area (Å²) in [6.07, 6.45) is -7.45. The van der Waals surface area contributed by atoms with Crippen molar-refractivity contribution >= 4 is 5.96 Å². The summed E-state index contributed by atoms with van der Waals surface area (Å²) in [5, 5.41) is 3.07. The Morgan fingerprint density at radius 1 is 1.20 bits per heavy atom. The first-order chi connectivity index (χ1) is 14.0. The fourth-order valence-corrected chi connectivity index (χ4v) is 2.94. The highest BCUT2D eigenvalue weighted by atomic mass is 19.4. The molecular weight excluding hydrogens is 416 g/mol. The molecule has 1 fully saturated rings. The molecule has 0 bridgehead atoms. The molecule has 1 aromatic heterocycles. The van der Waals surface area contributed by atoms with Crippen LogP contribution in [0.5, 0.6) is 5.88 Å². The summed E-state index contributed by atoms with van der Waals surface area (Å²) < 4.78 is 80.8. The van der Waals surface area contributed by atoms with Gasteiger partial charge in [0.15, 0.2) is 12.6 Å². The molecule has 1 aromatic rings. The minimum absolute atomic E-state index is 0.0164. The molecule has 170 valence electrons. The van der Waals surface area contributed by atoms with E-state index in [1.165, 1.54) is 11.1 Å². The number of alkyl halides is 6. The Labute approximate surface area is 170 Å². The Morgan fingerprint density at radius 2 is 1.87 bits per heavy atom. The zero-order valence-corrected chi connectivity index (χ0v) is 16.7. The average molecular weight is 441 g/mol. The Hall–Kier alpha value is -2.24. The van der Waals surface area contributed by atoms with Gasteiger partial charge in [0, 0.05) is 44.5 Å². The van der Waals surface area contributed by atoms with Crippen LogP contribution in [0.1, 0.15) is 19.4 Å². The van der Waals surface area contributed by atoms with Gasteiger partial charge in [-0.1, -0.05) is 6.07 Å². The van der Waals surface area contributed by atoms with Crippen molar-refractivity contribution in [2.45, 2.75) is 38.8 Å². The SMILES string of the molecule is CCNC(=NCc1cccnc1OCC(F)(F)F)N1CCN(C(C)C(F)(F)F)CC1. The molecule has 0 aliphatic carbocycles. The predicted octanol–water partition coefficient (Wildman–Crippen LogP) is 3.06. The first kappa shape index (κ1) is 24.0. The number of aliphatic imine (C=N–C) groups is 1. The summed E-state index contributed by atoms with van der Waals surface area (Å²) in [5.41, 5.74) is 0.376. The number of piperazine rings is 1. The van der Waals surface area contributed by atoms with E-state index < -0.39 is 25.0 Å². The van der Waals surface area contributed by atoms with Gasteiger partial charge in [-0.25, -0.2) is 9.98 Å². The van der Waals surface area contributed by atoms with Gasteiger partial charge < -0.3 is 15.0 Å². The summed E-state index contributed by atoms with van der Waals surface area (Å²) in [7, 11) is 0. The Morgan fingerprint density at radius 3 is 2.43 bits per heavy atom. The van der Waals surface area contributed by atoms with Gasteiger partial charge in [-0.3, -0.25) is 4.90 Å². The molecule has 0 spiro atoms. The van der Waals surface area contributed by atoms with Crippen LogP contribution in [0.4, 0.5) is 26.3 Å². The number of hydrogen-bond acceptors (Lipinski definition) is 4. The van der Waals surface area contributed by atoms with Crippen molar-refractivity contribution in [3.05, 3.63) is 23.9 Å². The minimum Gasteiger partial charge on any atom is -0.468 e. The van der Waals surface area contributed by atoms with Crippen LogP contribution in [0.25, 0.3) is 0 Å². The van der Waals surface area contributed by atoms with E-state index in [1.807, 2.05) is 11.8 Å². The van der Waals surface area contributed by atoms with Crippen LogP contribution in [-0.4, -0.2) is 78.5 Å². The molecular formula is C18H25F6N5O. The summed E-state index contributed by atoms with van der Waals surface area (Å²) >= 11 is 0. The van der Waals surface area contributed by atoms with Crippen LogP contribution < -0.4 is 10.1 Å². The van der Waals surface area contributed by atoms with Gasteiger partial charge in [-0.15, -0.1) is 0 Å². The van der Waals surface area contributed by atoms with Crippen molar-refractivity contribution in [2.24, 2.45) is 4.99 Å². The van der Waals surface area contributed by atoms with Gasteiger partial charge in [0.25, 0.3) is 0 Å². The summed E-state index contributed by atoms with van der Waals surface area (Å²) in [6.45, 7) is 3.20. The number of nitrogens with zero attached hydrogens (tertiary/aromatic N) is 4. The van der Waals surface area contributed by atoms with Gasteiger partial charge in [0.05, 0.1) is 6.54 Å². The Bertz CT molecular complexity index is 701. The van der Waals surface area contributed by atoms with Gasteiger partial charge in [0.2, 0.25) is 5.88 Å². The number of pyridine rings is 1. The molecule has 6 nitrogen and oxygen atoms in total. The normalized spacial score (nSPS) is 17.7. The third kappa shape index (κ3) is 7.22. The Balaban J connectivity index is 2.04. The molecule has 0 aromatic carbocycles. The molecule has 1 unspecified atom stereocenters. The number of guanidine groups is 1. The molecule has 1 N–H and O–H groups in total. The van der Waals surface area contributed by atoms with Crippen LogP contribution >= 0.6 is 0 Å².